The van der Waals surface area contributed by atoms with Gasteiger partial charge in [0.15, 0.2) is 6.67 Å². The quantitative estimate of drug-likeness (QED) is 0.707. The van der Waals surface area contributed by atoms with Gasteiger partial charge in [-0.2, -0.15) is 0 Å². The van der Waals surface area contributed by atoms with E-state index in [1.807, 2.05) is 38.1 Å². The van der Waals surface area contributed by atoms with Crippen molar-refractivity contribution in [2.45, 2.75) is 51.2 Å². The number of nitrogens with zero attached hydrogens (tertiary/aromatic N) is 1. The minimum atomic E-state index is -1.00. The zero-order chi connectivity index (χ0) is 20.6. The van der Waals surface area contributed by atoms with Crippen molar-refractivity contribution in [1.82, 2.24) is 10.2 Å². The standard InChI is InChI=1S/C23H26FN3O2/c1-3-23(18-8-4-16(2)5-9-18)21(28)27(22(29)25-23)15-26(20-12-13-20)14-17-6-10-19(24)11-7-17/h4-11,20H,3,12-15H2,1-2H3,(H,25,29)/p+1/t23-/m0/s1. The summed E-state index contributed by atoms with van der Waals surface area (Å²) in [4.78, 5) is 28.7. The molecule has 2 aliphatic rings. The minimum Gasteiger partial charge on any atom is -0.319 e. The lowest BCUT2D eigenvalue weighted by Gasteiger charge is -2.27. The largest absolute Gasteiger partial charge is 0.329 e. The Hall–Kier alpha value is -2.73. The van der Waals surface area contributed by atoms with Crippen LogP contribution in [0.5, 0.6) is 0 Å². The van der Waals surface area contributed by atoms with Crippen LogP contribution >= 0.6 is 0 Å². The van der Waals surface area contributed by atoms with Crippen LogP contribution < -0.4 is 10.2 Å². The SMILES string of the molecule is CC[C@@]1(c2ccc(C)cc2)NC(=O)N(C[NH+](Cc2ccc(F)cc2)C2CC2)C1=O. The van der Waals surface area contributed by atoms with Crippen molar-refractivity contribution in [3.8, 4) is 0 Å². The molecule has 1 unspecified atom stereocenters. The third kappa shape index (κ3) is 3.77. The highest BCUT2D eigenvalue weighted by atomic mass is 19.1. The van der Waals surface area contributed by atoms with Crippen molar-refractivity contribution < 1.29 is 18.9 Å². The van der Waals surface area contributed by atoms with Gasteiger partial charge in [0.2, 0.25) is 0 Å². The first-order valence-corrected chi connectivity index (χ1v) is 10.2. The number of aryl methyl sites for hydroxylation is 1. The number of halogens is 1. The summed E-state index contributed by atoms with van der Waals surface area (Å²) >= 11 is 0. The van der Waals surface area contributed by atoms with Crippen LogP contribution in [0.25, 0.3) is 0 Å². The van der Waals surface area contributed by atoms with Crippen molar-refractivity contribution >= 4 is 11.9 Å². The molecule has 0 bridgehead atoms. The molecule has 6 heteroatoms. The van der Waals surface area contributed by atoms with Crippen molar-refractivity contribution in [2.24, 2.45) is 0 Å². The van der Waals surface area contributed by atoms with E-state index < -0.39 is 5.54 Å². The van der Waals surface area contributed by atoms with Crippen LogP contribution in [0.1, 0.15) is 42.9 Å². The number of hydrogen-bond donors (Lipinski definition) is 2. The molecule has 4 rings (SSSR count). The molecule has 2 aromatic carbocycles. The van der Waals surface area contributed by atoms with Gasteiger partial charge < -0.3 is 10.2 Å². The molecule has 2 atom stereocenters. The van der Waals surface area contributed by atoms with E-state index in [0.29, 0.717) is 25.7 Å². The number of imide groups is 1. The van der Waals surface area contributed by atoms with Crippen molar-refractivity contribution in [3.63, 3.8) is 0 Å². The van der Waals surface area contributed by atoms with E-state index in [-0.39, 0.29) is 17.8 Å². The Morgan fingerprint density at radius 1 is 1.10 bits per heavy atom. The van der Waals surface area contributed by atoms with Crippen LogP contribution in [0.2, 0.25) is 0 Å². The van der Waals surface area contributed by atoms with E-state index in [4.69, 9.17) is 0 Å². The fourth-order valence-electron chi connectivity index (χ4n) is 4.14. The first-order chi connectivity index (χ1) is 13.9. The number of carbonyl (C=O) groups is 2. The van der Waals surface area contributed by atoms with E-state index in [2.05, 4.69) is 5.32 Å². The number of quaternary nitrogens is 1. The van der Waals surface area contributed by atoms with E-state index in [1.165, 1.54) is 17.0 Å². The second-order valence-corrected chi connectivity index (χ2v) is 8.18. The lowest BCUT2D eigenvalue weighted by molar-refractivity contribution is -0.931. The predicted molar refractivity (Wildman–Crippen MR) is 107 cm³/mol. The third-order valence-corrected chi connectivity index (χ3v) is 6.11. The Bertz CT molecular complexity index is 909. The number of urea groups is 1. The zero-order valence-corrected chi connectivity index (χ0v) is 16.9. The lowest BCUT2D eigenvalue weighted by atomic mass is 9.87. The van der Waals surface area contributed by atoms with Crippen molar-refractivity contribution in [1.29, 1.82) is 0 Å². The summed E-state index contributed by atoms with van der Waals surface area (Å²) in [6.07, 6.45) is 2.65. The van der Waals surface area contributed by atoms with Crippen LogP contribution in [-0.2, 0) is 16.9 Å². The molecular formula is C23H27FN3O2+. The number of hydrogen-bond acceptors (Lipinski definition) is 2. The Balaban J connectivity index is 1.55. The number of nitrogens with one attached hydrogen (secondary N) is 2. The van der Waals surface area contributed by atoms with Gasteiger partial charge in [0.05, 0.1) is 6.04 Å². The first-order valence-electron chi connectivity index (χ1n) is 10.2. The van der Waals surface area contributed by atoms with Gasteiger partial charge >= 0.3 is 6.03 Å². The maximum Gasteiger partial charge on any atom is 0.329 e. The van der Waals surface area contributed by atoms with E-state index in [0.717, 1.165) is 34.4 Å². The molecule has 0 aromatic heterocycles. The molecule has 1 saturated heterocycles. The molecule has 29 heavy (non-hydrogen) atoms. The molecule has 5 nitrogen and oxygen atoms in total. The average molecular weight is 396 g/mol. The third-order valence-electron chi connectivity index (χ3n) is 6.11. The number of amides is 3. The van der Waals surface area contributed by atoms with E-state index in [9.17, 15) is 14.0 Å². The minimum absolute atomic E-state index is 0.189. The topological polar surface area (TPSA) is 53.9 Å². The fraction of sp³-hybridized carbons (Fsp3) is 0.391. The van der Waals surface area contributed by atoms with Gasteiger partial charge in [-0.1, -0.05) is 48.9 Å². The molecule has 1 saturated carbocycles. The van der Waals surface area contributed by atoms with Crippen molar-refractivity contribution in [3.05, 3.63) is 71.0 Å². The molecule has 152 valence electrons. The van der Waals surface area contributed by atoms with Crippen LogP contribution in [0.3, 0.4) is 0 Å². The first kappa shape index (κ1) is 19.6. The Kier molecular flexibility index (Phi) is 5.13. The number of benzene rings is 2. The maximum atomic E-state index is 13.4. The lowest BCUT2D eigenvalue weighted by Crippen LogP contribution is -3.13. The fourth-order valence-corrected chi connectivity index (χ4v) is 4.14. The normalized spacial score (nSPS) is 22.7. The summed E-state index contributed by atoms with van der Waals surface area (Å²) in [6, 6.07) is 14.3. The summed E-state index contributed by atoms with van der Waals surface area (Å²) in [5, 5.41) is 2.96. The van der Waals surface area contributed by atoms with Crippen LogP contribution in [0.15, 0.2) is 48.5 Å². The maximum absolute atomic E-state index is 13.4. The van der Waals surface area contributed by atoms with Crippen LogP contribution in [0, 0.1) is 12.7 Å². The van der Waals surface area contributed by atoms with Crippen molar-refractivity contribution in [2.75, 3.05) is 6.67 Å². The van der Waals surface area contributed by atoms with E-state index >= 15 is 0 Å². The Morgan fingerprint density at radius 3 is 2.34 bits per heavy atom. The van der Waals surface area contributed by atoms with Gasteiger partial charge in [-0.3, -0.25) is 4.79 Å². The van der Waals surface area contributed by atoms with Gasteiger partial charge in [0.25, 0.3) is 5.91 Å². The number of carbonyl (C=O) groups excluding carboxylic acids is 2. The van der Waals surface area contributed by atoms with Gasteiger partial charge in [0.1, 0.15) is 17.9 Å². The smallest absolute Gasteiger partial charge is 0.319 e. The highest BCUT2D eigenvalue weighted by Crippen LogP contribution is 2.32. The van der Waals surface area contributed by atoms with Crippen LogP contribution in [0.4, 0.5) is 9.18 Å². The molecule has 1 heterocycles. The highest BCUT2D eigenvalue weighted by molar-refractivity contribution is 6.07. The zero-order valence-electron chi connectivity index (χ0n) is 16.9. The van der Waals surface area contributed by atoms with Gasteiger partial charge in [-0.05, 0) is 31.0 Å². The second kappa shape index (κ2) is 7.59. The number of rotatable bonds is 7. The molecule has 1 aliphatic carbocycles. The summed E-state index contributed by atoms with van der Waals surface area (Å²) in [5.41, 5.74) is 1.92. The summed E-state index contributed by atoms with van der Waals surface area (Å²) in [5.74, 6) is -0.451. The molecule has 0 radical (unpaired) electrons. The molecule has 3 amide bonds. The average Bonchev–Trinajstić information content (AvgIpc) is 3.53. The van der Waals surface area contributed by atoms with E-state index in [1.54, 1.807) is 12.1 Å². The molecular weight excluding hydrogens is 369 g/mol. The van der Waals surface area contributed by atoms with Crippen LogP contribution in [-0.4, -0.2) is 29.5 Å². The molecule has 2 aromatic rings. The van der Waals surface area contributed by atoms with Gasteiger partial charge in [0, 0.05) is 18.4 Å². The summed E-state index contributed by atoms with van der Waals surface area (Å²) in [7, 11) is 0. The van der Waals surface area contributed by atoms with Gasteiger partial charge in [-0.15, -0.1) is 0 Å². The Labute approximate surface area is 170 Å². The summed E-state index contributed by atoms with van der Waals surface area (Å²) in [6.45, 7) is 4.90. The second-order valence-electron chi connectivity index (χ2n) is 8.18. The Morgan fingerprint density at radius 2 is 1.76 bits per heavy atom. The molecule has 2 fully saturated rings. The molecule has 2 N–H and O–H groups in total. The van der Waals surface area contributed by atoms with Gasteiger partial charge in [-0.25, -0.2) is 14.1 Å². The molecule has 0 spiro atoms. The summed E-state index contributed by atoms with van der Waals surface area (Å²) < 4.78 is 13.2. The highest BCUT2D eigenvalue weighted by Gasteiger charge is 2.53. The monoisotopic (exact) mass is 396 g/mol. The molecule has 1 aliphatic heterocycles. The predicted octanol–water partition coefficient (Wildman–Crippen LogP) is 2.50.